The number of ether oxygens (including phenoxy) is 3. The van der Waals surface area contributed by atoms with Crippen LogP contribution in [-0.2, 0) is 4.74 Å². The van der Waals surface area contributed by atoms with Gasteiger partial charge in [-0.3, -0.25) is 0 Å². The molecule has 24 heavy (non-hydrogen) atoms. The smallest absolute Gasteiger partial charge is 0.338 e. The van der Waals surface area contributed by atoms with E-state index in [1.165, 1.54) is 38.5 Å². The summed E-state index contributed by atoms with van der Waals surface area (Å²) >= 11 is 0. The number of hydrogen-bond acceptors (Lipinski definition) is 6. The minimum atomic E-state index is -0.486. The van der Waals surface area contributed by atoms with E-state index >= 15 is 0 Å². The van der Waals surface area contributed by atoms with E-state index in [0.717, 1.165) is 5.56 Å². The van der Waals surface area contributed by atoms with Crippen molar-refractivity contribution >= 4 is 12.0 Å². The van der Waals surface area contributed by atoms with Gasteiger partial charge in [0.15, 0.2) is 11.5 Å². The molecule has 0 amide bonds. The van der Waals surface area contributed by atoms with Crippen molar-refractivity contribution < 1.29 is 29.2 Å². The third-order valence-electron chi connectivity index (χ3n) is 3.23. The van der Waals surface area contributed by atoms with Gasteiger partial charge in [-0.05, 0) is 48.0 Å². The number of phenolic OH excluding ortho intramolecular Hbond substituents is 2. The van der Waals surface area contributed by atoms with E-state index in [-0.39, 0.29) is 29.6 Å². The fourth-order valence-electron chi connectivity index (χ4n) is 2.00. The fourth-order valence-corrected chi connectivity index (χ4v) is 2.00. The Hall–Kier alpha value is -3.15. The van der Waals surface area contributed by atoms with Crippen LogP contribution in [-0.4, -0.2) is 37.0 Å². The molecule has 2 aromatic rings. The first-order valence-electron chi connectivity index (χ1n) is 7.13. The van der Waals surface area contributed by atoms with E-state index in [4.69, 9.17) is 14.2 Å². The van der Waals surface area contributed by atoms with Gasteiger partial charge in [-0.2, -0.15) is 0 Å². The Labute approximate surface area is 139 Å². The van der Waals surface area contributed by atoms with Gasteiger partial charge in [0.25, 0.3) is 0 Å². The number of carbonyl (C=O) groups is 1. The van der Waals surface area contributed by atoms with Crippen LogP contribution in [0.3, 0.4) is 0 Å². The molecular formula is C18H18O6. The molecule has 6 heteroatoms. The van der Waals surface area contributed by atoms with E-state index < -0.39 is 5.97 Å². The molecule has 0 fully saturated rings. The van der Waals surface area contributed by atoms with Crippen LogP contribution >= 0.6 is 0 Å². The summed E-state index contributed by atoms with van der Waals surface area (Å²) in [5.74, 6) is 0.100. The van der Waals surface area contributed by atoms with Crippen LogP contribution in [0.1, 0.15) is 15.9 Å². The van der Waals surface area contributed by atoms with Crippen LogP contribution in [0.5, 0.6) is 23.0 Å². The van der Waals surface area contributed by atoms with Gasteiger partial charge >= 0.3 is 5.97 Å². The summed E-state index contributed by atoms with van der Waals surface area (Å²) in [6.07, 6.45) is 3.37. The number of aromatic hydroxyl groups is 2. The maximum Gasteiger partial charge on any atom is 0.338 e. The quantitative estimate of drug-likeness (QED) is 0.792. The molecule has 0 bridgehead atoms. The first-order valence-corrected chi connectivity index (χ1v) is 7.13. The number of methoxy groups -OCH3 is 2. The van der Waals surface area contributed by atoms with E-state index in [1.54, 1.807) is 24.3 Å². The number of carbonyl (C=O) groups excluding carboxylic acids is 1. The second-order valence-corrected chi connectivity index (χ2v) is 4.82. The van der Waals surface area contributed by atoms with Crippen molar-refractivity contribution in [2.45, 2.75) is 0 Å². The largest absolute Gasteiger partial charge is 0.508 e. The highest BCUT2D eigenvalue weighted by molar-refractivity contribution is 5.89. The number of esters is 1. The highest BCUT2D eigenvalue weighted by Crippen LogP contribution is 2.37. The Balaban J connectivity index is 1.99. The number of benzene rings is 2. The first-order chi connectivity index (χ1) is 11.5. The molecule has 0 unspecified atom stereocenters. The Bertz CT molecular complexity index is 709. The zero-order valence-electron chi connectivity index (χ0n) is 13.4. The summed E-state index contributed by atoms with van der Waals surface area (Å²) in [5, 5.41) is 19.0. The minimum absolute atomic E-state index is 0.0732. The lowest BCUT2D eigenvalue weighted by atomic mass is 10.1. The van der Waals surface area contributed by atoms with Crippen molar-refractivity contribution in [2.24, 2.45) is 0 Å². The molecule has 0 spiro atoms. The molecule has 2 aromatic carbocycles. The molecule has 0 heterocycles. The summed E-state index contributed by atoms with van der Waals surface area (Å²) in [6.45, 7) is 0.0746. The molecule has 0 aliphatic rings. The van der Waals surface area contributed by atoms with Crippen LogP contribution in [0.15, 0.2) is 42.5 Å². The zero-order chi connectivity index (χ0) is 17.5. The van der Waals surface area contributed by atoms with Gasteiger partial charge in [0, 0.05) is 0 Å². The molecule has 126 valence electrons. The van der Waals surface area contributed by atoms with Gasteiger partial charge in [-0.25, -0.2) is 4.79 Å². The van der Waals surface area contributed by atoms with Crippen LogP contribution in [0, 0.1) is 0 Å². The zero-order valence-corrected chi connectivity index (χ0v) is 13.4. The minimum Gasteiger partial charge on any atom is -0.508 e. The lowest BCUT2D eigenvalue weighted by molar-refractivity contribution is 0.0550. The van der Waals surface area contributed by atoms with Crippen molar-refractivity contribution in [3.63, 3.8) is 0 Å². The molecule has 2 rings (SSSR count). The van der Waals surface area contributed by atoms with Crippen LogP contribution in [0.2, 0.25) is 0 Å². The van der Waals surface area contributed by atoms with Gasteiger partial charge in [0.1, 0.15) is 12.4 Å². The third kappa shape index (κ3) is 4.19. The molecule has 0 aliphatic heterocycles. The molecule has 0 aromatic heterocycles. The van der Waals surface area contributed by atoms with Crippen molar-refractivity contribution in [3.05, 3.63) is 53.6 Å². The van der Waals surface area contributed by atoms with Gasteiger partial charge in [0.2, 0.25) is 5.75 Å². The van der Waals surface area contributed by atoms with Crippen LogP contribution in [0.25, 0.3) is 6.08 Å². The average molecular weight is 330 g/mol. The van der Waals surface area contributed by atoms with Crippen molar-refractivity contribution in [1.82, 2.24) is 0 Å². The Morgan fingerprint density at radius 2 is 1.62 bits per heavy atom. The van der Waals surface area contributed by atoms with Gasteiger partial charge in [0.05, 0.1) is 19.8 Å². The maximum absolute atomic E-state index is 11.8. The SMILES string of the molecule is COc1cc(/C=C/COC(=O)c2ccc(O)cc2)cc(OC)c1O. The first kappa shape index (κ1) is 17.2. The van der Waals surface area contributed by atoms with Crippen molar-refractivity contribution in [2.75, 3.05) is 20.8 Å². The normalized spacial score (nSPS) is 10.6. The molecular weight excluding hydrogens is 312 g/mol. The molecule has 0 atom stereocenters. The fraction of sp³-hybridized carbons (Fsp3) is 0.167. The Morgan fingerprint density at radius 1 is 1.04 bits per heavy atom. The van der Waals surface area contributed by atoms with E-state index in [9.17, 15) is 15.0 Å². The standard InChI is InChI=1S/C18H18O6/c1-22-15-10-12(11-16(23-2)17(15)20)4-3-9-24-18(21)13-5-7-14(19)8-6-13/h3-8,10-11,19-20H,9H2,1-2H3/b4-3+. The molecule has 2 N–H and O–H groups in total. The summed E-state index contributed by atoms with van der Waals surface area (Å²) in [7, 11) is 2.89. The van der Waals surface area contributed by atoms with Gasteiger partial charge in [-0.15, -0.1) is 0 Å². The monoisotopic (exact) mass is 330 g/mol. The second kappa shape index (κ2) is 7.92. The topological polar surface area (TPSA) is 85.2 Å². The van der Waals surface area contributed by atoms with Crippen LogP contribution < -0.4 is 9.47 Å². The lowest BCUT2D eigenvalue weighted by Crippen LogP contribution is -2.04. The predicted molar refractivity (Wildman–Crippen MR) is 88.6 cm³/mol. The number of phenols is 2. The third-order valence-corrected chi connectivity index (χ3v) is 3.23. The number of rotatable bonds is 6. The van der Waals surface area contributed by atoms with Gasteiger partial charge in [-0.1, -0.05) is 6.08 Å². The summed E-state index contributed by atoms with van der Waals surface area (Å²) in [6, 6.07) is 9.07. The van der Waals surface area contributed by atoms with Crippen molar-refractivity contribution in [1.29, 1.82) is 0 Å². The Morgan fingerprint density at radius 3 is 2.17 bits per heavy atom. The molecule has 0 aliphatic carbocycles. The highest BCUT2D eigenvalue weighted by atomic mass is 16.5. The molecule has 6 nitrogen and oxygen atoms in total. The maximum atomic E-state index is 11.8. The van der Waals surface area contributed by atoms with E-state index in [2.05, 4.69) is 0 Å². The summed E-state index contributed by atoms with van der Waals surface area (Å²) < 4.78 is 15.2. The summed E-state index contributed by atoms with van der Waals surface area (Å²) in [4.78, 5) is 11.8. The lowest BCUT2D eigenvalue weighted by Gasteiger charge is -2.09. The van der Waals surface area contributed by atoms with Crippen molar-refractivity contribution in [3.8, 4) is 23.0 Å². The second-order valence-electron chi connectivity index (χ2n) is 4.82. The average Bonchev–Trinajstić information content (AvgIpc) is 2.60. The highest BCUT2D eigenvalue weighted by Gasteiger charge is 2.10. The molecule has 0 saturated heterocycles. The van der Waals surface area contributed by atoms with Gasteiger partial charge < -0.3 is 24.4 Å². The predicted octanol–water partition coefficient (Wildman–Crippen LogP) is 2.99. The number of hydrogen-bond donors (Lipinski definition) is 2. The van der Waals surface area contributed by atoms with E-state index in [1.807, 2.05) is 0 Å². The van der Waals surface area contributed by atoms with E-state index in [0.29, 0.717) is 5.56 Å². The van der Waals surface area contributed by atoms with Crippen LogP contribution in [0.4, 0.5) is 0 Å². The summed E-state index contributed by atoms with van der Waals surface area (Å²) in [5.41, 5.74) is 1.08. The Kier molecular flexibility index (Phi) is 5.68. The molecule has 0 radical (unpaired) electrons. The molecule has 0 saturated carbocycles.